The molecule has 0 bridgehead atoms. The summed E-state index contributed by atoms with van der Waals surface area (Å²) in [6.45, 7) is 1.92. The van der Waals surface area contributed by atoms with E-state index in [2.05, 4.69) is 32.3 Å². The molecular formula is C19H13BrN2O2. The van der Waals surface area contributed by atoms with E-state index < -0.39 is 0 Å². The van der Waals surface area contributed by atoms with Gasteiger partial charge in [0, 0.05) is 16.5 Å². The first-order valence-corrected chi connectivity index (χ1v) is 8.27. The summed E-state index contributed by atoms with van der Waals surface area (Å²) in [4.78, 5) is 17.1. The molecule has 24 heavy (non-hydrogen) atoms. The first-order valence-electron chi connectivity index (χ1n) is 7.47. The molecule has 2 aromatic heterocycles. The number of nitrogens with zero attached hydrogens (tertiary/aromatic N) is 1. The van der Waals surface area contributed by atoms with Gasteiger partial charge in [-0.15, -0.1) is 0 Å². The first-order chi connectivity index (χ1) is 11.6. The Labute approximate surface area is 146 Å². The minimum atomic E-state index is -0.291. The molecule has 0 spiro atoms. The minimum absolute atomic E-state index is 0.255. The molecule has 0 saturated heterocycles. The number of anilines is 1. The van der Waals surface area contributed by atoms with E-state index >= 15 is 0 Å². The lowest BCUT2D eigenvalue weighted by atomic mass is 10.0. The van der Waals surface area contributed by atoms with Gasteiger partial charge in [-0.05, 0) is 46.4 Å². The summed E-state index contributed by atoms with van der Waals surface area (Å²) in [5.74, 6) is -0.0361. The molecule has 0 aliphatic carbocycles. The topological polar surface area (TPSA) is 55.1 Å². The fraction of sp³-hybridized carbons (Fsp3) is 0.0526. The molecule has 4 nitrogen and oxygen atoms in total. The van der Waals surface area contributed by atoms with Crippen molar-refractivity contribution in [3.8, 4) is 0 Å². The fourth-order valence-electron chi connectivity index (χ4n) is 2.81. The average Bonchev–Trinajstić information content (AvgIpc) is 3.01. The summed E-state index contributed by atoms with van der Waals surface area (Å²) in [7, 11) is 0. The van der Waals surface area contributed by atoms with Crippen LogP contribution >= 0.6 is 15.9 Å². The number of carbonyl (C=O) groups is 1. The lowest BCUT2D eigenvalue weighted by Crippen LogP contribution is -2.11. The van der Waals surface area contributed by atoms with E-state index in [0.29, 0.717) is 4.67 Å². The van der Waals surface area contributed by atoms with Gasteiger partial charge in [0.1, 0.15) is 0 Å². The monoisotopic (exact) mass is 380 g/mol. The van der Waals surface area contributed by atoms with Crippen molar-refractivity contribution >= 4 is 49.2 Å². The number of furan rings is 1. The van der Waals surface area contributed by atoms with Gasteiger partial charge in [-0.2, -0.15) is 0 Å². The van der Waals surface area contributed by atoms with E-state index in [4.69, 9.17) is 4.42 Å². The Hall–Kier alpha value is -2.66. The van der Waals surface area contributed by atoms with Gasteiger partial charge in [0.2, 0.25) is 0 Å². The molecule has 4 aromatic rings. The van der Waals surface area contributed by atoms with E-state index in [1.54, 1.807) is 12.1 Å². The summed E-state index contributed by atoms with van der Waals surface area (Å²) in [6, 6.07) is 17.3. The third kappa shape index (κ3) is 2.57. The summed E-state index contributed by atoms with van der Waals surface area (Å²) >= 11 is 3.21. The molecular weight excluding hydrogens is 368 g/mol. The standard InChI is InChI=1S/C19H13BrN2O2/c1-11-10-15(22-19(23)16-8-9-17(20)24-16)14-7-6-12-4-2-3-5-13(12)18(14)21-11/h2-10H,1H3,(H,21,22,23). The predicted octanol–water partition coefficient (Wildman–Crippen LogP) is 5.30. The maximum atomic E-state index is 12.4. The summed E-state index contributed by atoms with van der Waals surface area (Å²) in [6.07, 6.45) is 0. The van der Waals surface area contributed by atoms with Crippen LogP contribution in [0.4, 0.5) is 5.69 Å². The van der Waals surface area contributed by atoms with E-state index in [1.165, 1.54) is 0 Å². The molecule has 2 heterocycles. The summed E-state index contributed by atoms with van der Waals surface area (Å²) in [5.41, 5.74) is 2.44. The van der Waals surface area contributed by atoms with Crippen LogP contribution < -0.4 is 5.32 Å². The van der Waals surface area contributed by atoms with Crippen molar-refractivity contribution in [3.05, 3.63) is 70.7 Å². The van der Waals surface area contributed by atoms with Gasteiger partial charge in [0.25, 0.3) is 5.91 Å². The molecule has 0 aliphatic rings. The minimum Gasteiger partial charge on any atom is -0.444 e. The zero-order valence-electron chi connectivity index (χ0n) is 12.8. The second kappa shape index (κ2) is 5.76. The Morgan fingerprint density at radius 3 is 2.71 bits per heavy atom. The van der Waals surface area contributed by atoms with E-state index in [0.717, 1.165) is 33.1 Å². The Bertz CT molecular complexity index is 1090. The third-order valence-electron chi connectivity index (χ3n) is 3.88. The zero-order valence-corrected chi connectivity index (χ0v) is 14.4. The van der Waals surface area contributed by atoms with Gasteiger partial charge < -0.3 is 9.73 Å². The number of amides is 1. The van der Waals surface area contributed by atoms with Gasteiger partial charge in [0.05, 0.1) is 11.2 Å². The van der Waals surface area contributed by atoms with E-state index in [9.17, 15) is 4.79 Å². The van der Waals surface area contributed by atoms with Gasteiger partial charge in [-0.1, -0.05) is 36.4 Å². The molecule has 118 valence electrons. The van der Waals surface area contributed by atoms with Crippen LogP contribution in [0, 0.1) is 6.92 Å². The largest absolute Gasteiger partial charge is 0.444 e. The number of pyridine rings is 1. The maximum Gasteiger partial charge on any atom is 0.291 e. The van der Waals surface area contributed by atoms with Gasteiger partial charge >= 0.3 is 0 Å². The normalized spacial score (nSPS) is 11.1. The van der Waals surface area contributed by atoms with Crippen molar-refractivity contribution in [2.45, 2.75) is 6.92 Å². The Balaban J connectivity index is 1.86. The molecule has 5 heteroatoms. The number of halogens is 1. The quantitative estimate of drug-likeness (QED) is 0.479. The second-order valence-electron chi connectivity index (χ2n) is 5.55. The number of benzene rings is 2. The van der Waals surface area contributed by atoms with Crippen LogP contribution in [0.1, 0.15) is 16.2 Å². The van der Waals surface area contributed by atoms with Crippen LogP contribution in [0.3, 0.4) is 0 Å². The molecule has 0 aliphatic heterocycles. The van der Waals surface area contributed by atoms with Crippen molar-refractivity contribution < 1.29 is 9.21 Å². The molecule has 0 unspecified atom stereocenters. The van der Waals surface area contributed by atoms with Gasteiger partial charge in [-0.25, -0.2) is 0 Å². The number of carbonyl (C=O) groups excluding carboxylic acids is 1. The van der Waals surface area contributed by atoms with Crippen LogP contribution in [0.5, 0.6) is 0 Å². The van der Waals surface area contributed by atoms with Crippen molar-refractivity contribution in [2.75, 3.05) is 5.32 Å². The molecule has 0 radical (unpaired) electrons. The first kappa shape index (κ1) is 14.9. The zero-order chi connectivity index (χ0) is 16.7. The van der Waals surface area contributed by atoms with Crippen molar-refractivity contribution in [2.24, 2.45) is 0 Å². The number of hydrogen-bond donors (Lipinski definition) is 1. The van der Waals surface area contributed by atoms with Crippen molar-refractivity contribution in [1.82, 2.24) is 4.98 Å². The number of aromatic nitrogens is 1. The predicted molar refractivity (Wildman–Crippen MR) is 98.3 cm³/mol. The number of hydrogen-bond acceptors (Lipinski definition) is 3. The fourth-order valence-corrected chi connectivity index (χ4v) is 3.12. The Morgan fingerprint density at radius 2 is 1.92 bits per heavy atom. The van der Waals surface area contributed by atoms with Crippen molar-refractivity contribution in [1.29, 1.82) is 0 Å². The lowest BCUT2D eigenvalue weighted by Gasteiger charge is -2.11. The smallest absolute Gasteiger partial charge is 0.291 e. The van der Waals surface area contributed by atoms with Crippen LogP contribution in [0.25, 0.3) is 21.7 Å². The Kier molecular flexibility index (Phi) is 3.58. The summed E-state index contributed by atoms with van der Waals surface area (Å²) < 4.78 is 5.84. The molecule has 0 saturated carbocycles. The highest BCUT2D eigenvalue weighted by molar-refractivity contribution is 9.10. The molecule has 0 fully saturated rings. The third-order valence-corrected chi connectivity index (χ3v) is 4.30. The molecule has 1 N–H and O–H groups in total. The Morgan fingerprint density at radius 1 is 1.08 bits per heavy atom. The second-order valence-corrected chi connectivity index (χ2v) is 6.33. The van der Waals surface area contributed by atoms with Crippen LogP contribution in [0.2, 0.25) is 0 Å². The lowest BCUT2D eigenvalue weighted by molar-refractivity contribution is 0.0995. The highest BCUT2D eigenvalue weighted by atomic mass is 79.9. The van der Waals surface area contributed by atoms with E-state index in [1.807, 2.05) is 43.3 Å². The molecule has 1 amide bonds. The number of rotatable bonds is 2. The molecule has 4 rings (SSSR count). The van der Waals surface area contributed by atoms with E-state index in [-0.39, 0.29) is 11.7 Å². The maximum absolute atomic E-state index is 12.4. The van der Waals surface area contributed by atoms with Gasteiger partial charge in [-0.3, -0.25) is 9.78 Å². The summed E-state index contributed by atoms with van der Waals surface area (Å²) in [5, 5.41) is 6.01. The highest BCUT2D eigenvalue weighted by Gasteiger charge is 2.14. The van der Waals surface area contributed by atoms with Crippen LogP contribution in [0.15, 0.2) is 63.7 Å². The molecule has 0 atom stereocenters. The van der Waals surface area contributed by atoms with Gasteiger partial charge in [0.15, 0.2) is 10.4 Å². The van der Waals surface area contributed by atoms with Crippen molar-refractivity contribution in [3.63, 3.8) is 0 Å². The average molecular weight is 381 g/mol. The van der Waals surface area contributed by atoms with Crippen LogP contribution in [-0.2, 0) is 0 Å². The number of nitrogens with one attached hydrogen (secondary N) is 1. The van der Waals surface area contributed by atoms with Crippen LogP contribution in [-0.4, -0.2) is 10.9 Å². The number of fused-ring (bicyclic) bond motifs is 3. The number of aryl methyl sites for hydroxylation is 1. The SMILES string of the molecule is Cc1cc(NC(=O)c2ccc(Br)o2)c2ccc3ccccc3c2n1. The molecule has 2 aromatic carbocycles. The highest BCUT2D eigenvalue weighted by Crippen LogP contribution is 2.30.